The summed E-state index contributed by atoms with van der Waals surface area (Å²) < 4.78 is 0. The minimum atomic E-state index is -0.614. The molecule has 124 valence electrons. The molecule has 0 bridgehead atoms. The van der Waals surface area contributed by atoms with Crippen LogP contribution in [0.4, 0.5) is 10.5 Å². The molecule has 24 heavy (non-hydrogen) atoms. The largest absolute Gasteiger partial charge is 0.351 e. The number of primary amides is 1. The summed E-state index contributed by atoms with van der Waals surface area (Å²) >= 11 is 5.82. The fourth-order valence-corrected chi connectivity index (χ4v) is 2.21. The molecule has 5 nitrogen and oxygen atoms in total. The van der Waals surface area contributed by atoms with Crippen LogP contribution in [-0.2, 0) is 4.79 Å². The summed E-state index contributed by atoms with van der Waals surface area (Å²) in [6.07, 6.45) is 3.20. The van der Waals surface area contributed by atoms with Crippen LogP contribution in [0.3, 0.4) is 0 Å². The van der Waals surface area contributed by atoms with E-state index < -0.39 is 6.03 Å². The van der Waals surface area contributed by atoms with Crippen molar-refractivity contribution in [2.24, 2.45) is 5.73 Å². The van der Waals surface area contributed by atoms with Gasteiger partial charge in [-0.1, -0.05) is 35.9 Å². The Morgan fingerprint density at radius 3 is 2.29 bits per heavy atom. The minimum absolute atomic E-state index is 0.171. The van der Waals surface area contributed by atoms with Crippen LogP contribution in [0.1, 0.15) is 24.1 Å². The van der Waals surface area contributed by atoms with Gasteiger partial charge in [-0.2, -0.15) is 0 Å². The Bertz CT molecular complexity index is 740. The first-order valence-electron chi connectivity index (χ1n) is 7.34. The number of hydrogen-bond acceptors (Lipinski definition) is 2. The quantitative estimate of drug-likeness (QED) is 0.723. The Kier molecular flexibility index (Phi) is 5.98. The van der Waals surface area contributed by atoms with Gasteiger partial charge in [0.2, 0.25) is 5.91 Å². The van der Waals surface area contributed by atoms with Gasteiger partial charge in [-0.3, -0.25) is 4.79 Å². The van der Waals surface area contributed by atoms with E-state index in [9.17, 15) is 9.59 Å². The van der Waals surface area contributed by atoms with E-state index in [2.05, 4.69) is 10.6 Å². The molecule has 6 heteroatoms. The number of benzene rings is 2. The Labute approximate surface area is 145 Å². The molecule has 0 aliphatic heterocycles. The highest BCUT2D eigenvalue weighted by Gasteiger charge is 2.07. The van der Waals surface area contributed by atoms with Crippen molar-refractivity contribution in [2.45, 2.75) is 13.0 Å². The molecule has 2 aromatic carbocycles. The van der Waals surface area contributed by atoms with Crippen LogP contribution in [0.5, 0.6) is 0 Å². The average molecular weight is 344 g/mol. The summed E-state index contributed by atoms with van der Waals surface area (Å²) in [6.45, 7) is 1.88. The highest BCUT2D eigenvalue weighted by molar-refractivity contribution is 6.30. The lowest BCUT2D eigenvalue weighted by atomic mass is 10.1. The lowest BCUT2D eigenvalue weighted by Crippen LogP contribution is -2.24. The van der Waals surface area contributed by atoms with Crippen molar-refractivity contribution in [2.75, 3.05) is 5.32 Å². The van der Waals surface area contributed by atoms with Crippen LogP contribution in [0, 0.1) is 0 Å². The van der Waals surface area contributed by atoms with Crippen molar-refractivity contribution in [3.8, 4) is 0 Å². The Morgan fingerprint density at radius 2 is 1.71 bits per heavy atom. The Morgan fingerprint density at radius 1 is 1.08 bits per heavy atom. The highest BCUT2D eigenvalue weighted by atomic mass is 35.5. The molecule has 0 aromatic heterocycles. The highest BCUT2D eigenvalue weighted by Crippen LogP contribution is 2.16. The molecule has 0 aliphatic rings. The number of amides is 3. The predicted molar refractivity (Wildman–Crippen MR) is 96.7 cm³/mol. The number of nitrogens with one attached hydrogen (secondary N) is 2. The molecule has 0 heterocycles. The number of hydrogen-bond donors (Lipinski definition) is 3. The van der Waals surface area contributed by atoms with Gasteiger partial charge in [0.15, 0.2) is 0 Å². The number of halogens is 1. The fourth-order valence-electron chi connectivity index (χ4n) is 2.09. The second-order valence-corrected chi connectivity index (χ2v) is 5.66. The van der Waals surface area contributed by atoms with E-state index in [-0.39, 0.29) is 11.9 Å². The smallest absolute Gasteiger partial charge is 0.316 e. The van der Waals surface area contributed by atoms with E-state index in [1.165, 1.54) is 6.08 Å². The van der Waals surface area contributed by atoms with E-state index in [0.717, 1.165) is 11.1 Å². The topological polar surface area (TPSA) is 84.2 Å². The third-order valence-electron chi connectivity index (χ3n) is 3.33. The molecule has 0 unspecified atom stereocenters. The van der Waals surface area contributed by atoms with E-state index in [4.69, 9.17) is 17.3 Å². The van der Waals surface area contributed by atoms with Crippen LogP contribution in [-0.4, -0.2) is 11.9 Å². The summed E-state index contributed by atoms with van der Waals surface area (Å²) in [7, 11) is 0. The predicted octanol–water partition coefficient (Wildman–Crippen LogP) is 3.72. The first-order chi connectivity index (χ1) is 11.4. The zero-order valence-corrected chi connectivity index (χ0v) is 13.9. The molecule has 0 saturated carbocycles. The van der Waals surface area contributed by atoms with Gasteiger partial charge in [-0.25, -0.2) is 4.79 Å². The van der Waals surface area contributed by atoms with Crippen LogP contribution in [0.25, 0.3) is 6.08 Å². The van der Waals surface area contributed by atoms with E-state index in [0.29, 0.717) is 10.7 Å². The van der Waals surface area contributed by atoms with Crippen LogP contribution < -0.4 is 16.4 Å². The maximum absolute atomic E-state index is 12.0. The van der Waals surface area contributed by atoms with Gasteiger partial charge < -0.3 is 16.4 Å². The monoisotopic (exact) mass is 343 g/mol. The molecular weight excluding hydrogens is 326 g/mol. The van der Waals surface area contributed by atoms with Crippen molar-refractivity contribution in [3.05, 3.63) is 70.8 Å². The zero-order valence-electron chi connectivity index (χ0n) is 13.1. The van der Waals surface area contributed by atoms with Gasteiger partial charge in [0.1, 0.15) is 0 Å². The zero-order chi connectivity index (χ0) is 17.5. The summed E-state index contributed by atoms with van der Waals surface area (Å²) in [4.78, 5) is 22.8. The second kappa shape index (κ2) is 8.17. The van der Waals surface area contributed by atoms with Crippen LogP contribution in [0.15, 0.2) is 54.6 Å². The standard InChI is InChI=1S/C18H18ClN3O2/c1-12(14-5-9-16(10-6-14)22-18(20)24)21-17(23)11-4-13-2-7-15(19)8-3-13/h2-12H,1H3,(H,21,23)(H3,20,22,24)/b11-4+/t12-/m1/s1. The third kappa shape index (κ3) is 5.44. The first-order valence-corrected chi connectivity index (χ1v) is 7.72. The fraction of sp³-hybridized carbons (Fsp3) is 0.111. The number of urea groups is 1. The number of rotatable bonds is 5. The summed E-state index contributed by atoms with van der Waals surface area (Å²) in [6, 6.07) is 13.5. The van der Waals surface area contributed by atoms with Gasteiger partial charge >= 0.3 is 6.03 Å². The summed E-state index contributed by atoms with van der Waals surface area (Å²) in [5, 5.41) is 6.01. The normalized spacial score (nSPS) is 11.9. The number of anilines is 1. The molecule has 2 aromatic rings. The molecule has 0 fully saturated rings. The van der Waals surface area contributed by atoms with Gasteiger partial charge in [0.05, 0.1) is 6.04 Å². The lowest BCUT2D eigenvalue weighted by molar-refractivity contribution is -0.117. The second-order valence-electron chi connectivity index (χ2n) is 5.23. The van der Waals surface area contributed by atoms with E-state index in [1.54, 1.807) is 30.3 Å². The summed E-state index contributed by atoms with van der Waals surface area (Å²) in [5.74, 6) is -0.197. The summed E-state index contributed by atoms with van der Waals surface area (Å²) in [5.41, 5.74) is 7.47. The molecular formula is C18H18ClN3O2. The minimum Gasteiger partial charge on any atom is -0.351 e. The Hall–Kier alpha value is -2.79. The lowest BCUT2D eigenvalue weighted by Gasteiger charge is -2.13. The maximum Gasteiger partial charge on any atom is 0.316 e. The Balaban J connectivity index is 1.93. The van der Waals surface area contributed by atoms with Crippen molar-refractivity contribution in [3.63, 3.8) is 0 Å². The van der Waals surface area contributed by atoms with Crippen LogP contribution >= 0.6 is 11.6 Å². The SMILES string of the molecule is C[C@@H](NC(=O)/C=C/c1ccc(Cl)cc1)c1ccc(NC(N)=O)cc1. The number of carbonyl (C=O) groups is 2. The van der Waals surface area contributed by atoms with E-state index in [1.807, 2.05) is 31.2 Å². The van der Waals surface area contributed by atoms with Gasteiger partial charge in [0.25, 0.3) is 0 Å². The third-order valence-corrected chi connectivity index (χ3v) is 3.59. The van der Waals surface area contributed by atoms with Gasteiger partial charge in [-0.05, 0) is 48.4 Å². The van der Waals surface area contributed by atoms with Crippen molar-refractivity contribution in [1.29, 1.82) is 0 Å². The van der Waals surface area contributed by atoms with Gasteiger partial charge in [-0.15, -0.1) is 0 Å². The van der Waals surface area contributed by atoms with Crippen molar-refractivity contribution < 1.29 is 9.59 Å². The average Bonchev–Trinajstić information content (AvgIpc) is 2.54. The molecule has 1 atom stereocenters. The number of nitrogens with two attached hydrogens (primary N) is 1. The first kappa shape index (κ1) is 17.6. The van der Waals surface area contributed by atoms with Crippen molar-refractivity contribution in [1.82, 2.24) is 5.32 Å². The maximum atomic E-state index is 12.0. The molecule has 0 aliphatic carbocycles. The molecule has 4 N–H and O–H groups in total. The number of carbonyl (C=O) groups excluding carboxylic acids is 2. The van der Waals surface area contributed by atoms with Gasteiger partial charge in [0, 0.05) is 16.8 Å². The van der Waals surface area contributed by atoms with E-state index >= 15 is 0 Å². The molecule has 2 rings (SSSR count). The van der Waals surface area contributed by atoms with Crippen molar-refractivity contribution >= 4 is 35.3 Å². The molecule has 3 amide bonds. The molecule has 0 saturated heterocycles. The molecule has 0 spiro atoms. The molecule has 0 radical (unpaired) electrons. The van der Waals surface area contributed by atoms with Crippen LogP contribution in [0.2, 0.25) is 5.02 Å².